The Bertz CT molecular complexity index is 805. The van der Waals surface area contributed by atoms with Crippen molar-refractivity contribution in [1.29, 1.82) is 0 Å². The summed E-state index contributed by atoms with van der Waals surface area (Å²) in [6.07, 6.45) is 0. The summed E-state index contributed by atoms with van der Waals surface area (Å²) in [5.74, 6) is 0.798. The smallest absolute Gasteiger partial charge is 0.317 e. The molecule has 3 rings (SSSR count). The first kappa shape index (κ1) is 20.7. The van der Waals surface area contributed by atoms with Gasteiger partial charge in [0, 0.05) is 31.9 Å². The van der Waals surface area contributed by atoms with Crippen LogP contribution in [0.2, 0.25) is 0 Å². The van der Waals surface area contributed by atoms with Crippen molar-refractivity contribution in [3.63, 3.8) is 0 Å². The molecule has 0 atom stereocenters. The zero-order valence-corrected chi connectivity index (χ0v) is 16.8. The molecule has 0 bridgehead atoms. The summed E-state index contributed by atoms with van der Waals surface area (Å²) in [5.41, 5.74) is 1.87. The molecule has 0 spiro atoms. The normalized spacial score (nSPS) is 14.3. The lowest BCUT2D eigenvalue weighted by Crippen LogP contribution is -2.53. The summed E-state index contributed by atoms with van der Waals surface area (Å²) in [7, 11) is 0. The Morgan fingerprint density at radius 3 is 2.38 bits per heavy atom. The van der Waals surface area contributed by atoms with Crippen LogP contribution >= 0.6 is 0 Å². The topological polar surface area (TPSA) is 73.9 Å². The van der Waals surface area contributed by atoms with E-state index in [0.29, 0.717) is 45.9 Å². The first-order chi connectivity index (χ1) is 14.1. The van der Waals surface area contributed by atoms with Crippen LogP contribution in [0.15, 0.2) is 54.6 Å². The Hall–Kier alpha value is -3.06. The number of amides is 3. The van der Waals surface area contributed by atoms with Gasteiger partial charge in [0.2, 0.25) is 5.91 Å². The minimum Gasteiger partial charge on any atom is -0.491 e. The molecule has 7 heteroatoms. The fraction of sp³-hybridized carbons (Fsp3) is 0.364. The molecule has 0 aliphatic carbocycles. The average Bonchev–Trinajstić information content (AvgIpc) is 2.73. The molecule has 2 aromatic carbocycles. The molecule has 0 radical (unpaired) electrons. The first-order valence-corrected chi connectivity index (χ1v) is 9.90. The molecule has 7 nitrogen and oxygen atoms in total. The molecule has 0 aromatic heterocycles. The lowest BCUT2D eigenvalue weighted by atomic mass is 10.2. The van der Waals surface area contributed by atoms with Crippen molar-refractivity contribution < 1.29 is 14.3 Å². The number of anilines is 1. The minimum atomic E-state index is -0.0910. The fourth-order valence-electron chi connectivity index (χ4n) is 3.18. The van der Waals surface area contributed by atoms with Crippen molar-refractivity contribution in [2.75, 3.05) is 51.2 Å². The number of rotatable bonds is 7. The molecule has 2 aromatic rings. The summed E-state index contributed by atoms with van der Waals surface area (Å²) in [6, 6.07) is 17.1. The molecular formula is C22H28N4O3. The molecule has 1 saturated heterocycles. The Kier molecular flexibility index (Phi) is 7.47. The van der Waals surface area contributed by atoms with E-state index >= 15 is 0 Å². The van der Waals surface area contributed by atoms with E-state index < -0.39 is 0 Å². The summed E-state index contributed by atoms with van der Waals surface area (Å²) in [6.45, 7) is 5.75. The summed E-state index contributed by atoms with van der Waals surface area (Å²) < 4.78 is 5.70. The Morgan fingerprint density at radius 1 is 0.966 bits per heavy atom. The number of hydrogen-bond donors (Lipinski definition) is 2. The Morgan fingerprint density at radius 2 is 1.66 bits per heavy atom. The summed E-state index contributed by atoms with van der Waals surface area (Å²) >= 11 is 0. The molecule has 1 fully saturated rings. The number of benzene rings is 2. The molecule has 0 saturated carbocycles. The largest absolute Gasteiger partial charge is 0.491 e. The van der Waals surface area contributed by atoms with E-state index in [9.17, 15) is 9.59 Å². The number of aryl methyl sites for hydroxylation is 1. The number of carbonyl (C=O) groups excluding carboxylic acids is 2. The second kappa shape index (κ2) is 10.5. The molecule has 1 heterocycles. The lowest BCUT2D eigenvalue weighted by Gasteiger charge is -2.34. The molecule has 3 amide bonds. The third-order valence-corrected chi connectivity index (χ3v) is 4.81. The van der Waals surface area contributed by atoms with Crippen molar-refractivity contribution in [3.8, 4) is 5.75 Å². The van der Waals surface area contributed by atoms with Crippen molar-refractivity contribution in [3.05, 3.63) is 60.2 Å². The van der Waals surface area contributed by atoms with Gasteiger partial charge in [-0.3, -0.25) is 9.69 Å². The highest BCUT2D eigenvalue weighted by atomic mass is 16.5. The van der Waals surface area contributed by atoms with Crippen molar-refractivity contribution >= 4 is 17.6 Å². The van der Waals surface area contributed by atoms with Gasteiger partial charge in [0.05, 0.1) is 13.1 Å². The van der Waals surface area contributed by atoms with E-state index in [0.717, 1.165) is 17.0 Å². The van der Waals surface area contributed by atoms with Gasteiger partial charge >= 0.3 is 6.03 Å². The Balaban J connectivity index is 1.32. The number of carbonyl (C=O) groups is 2. The second-order valence-corrected chi connectivity index (χ2v) is 7.02. The van der Waals surface area contributed by atoms with Gasteiger partial charge in [0.25, 0.3) is 0 Å². The third-order valence-electron chi connectivity index (χ3n) is 4.81. The first-order valence-electron chi connectivity index (χ1n) is 9.90. The monoisotopic (exact) mass is 396 g/mol. The Labute approximate surface area is 171 Å². The van der Waals surface area contributed by atoms with Crippen LogP contribution in [-0.2, 0) is 4.79 Å². The van der Waals surface area contributed by atoms with Gasteiger partial charge in [-0.1, -0.05) is 36.4 Å². The van der Waals surface area contributed by atoms with Crippen LogP contribution < -0.4 is 15.4 Å². The van der Waals surface area contributed by atoms with Gasteiger partial charge in [-0.25, -0.2) is 4.79 Å². The second-order valence-electron chi connectivity index (χ2n) is 7.02. The van der Waals surface area contributed by atoms with Gasteiger partial charge in [0.15, 0.2) is 0 Å². The molecule has 1 aliphatic heterocycles. The zero-order valence-electron chi connectivity index (χ0n) is 16.8. The van der Waals surface area contributed by atoms with Gasteiger partial charge in [-0.15, -0.1) is 0 Å². The van der Waals surface area contributed by atoms with Crippen molar-refractivity contribution in [1.82, 2.24) is 15.1 Å². The predicted octanol–water partition coefficient (Wildman–Crippen LogP) is 2.34. The standard InChI is InChI=1S/C22H28N4O3/c1-18-7-5-6-10-20(18)29-16-11-23-22(28)26-14-12-25(13-15-26)17-21(27)24-19-8-3-2-4-9-19/h2-10H,11-17H2,1H3,(H,23,28)(H,24,27). The SMILES string of the molecule is Cc1ccccc1OCCNC(=O)N1CCN(CC(=O)Nc2ccccc2)CC1. The molecular weight excluding hydrogens is 368 g/mol. The molecule has 0 unspecified atom stereocenters. The van der Waals surface area contributed by atoms with Crippen LogP contribution in [0.4, 0.5) is 10.5 Å². The van der Waals surface area contributed by atoms with E-state index in [1.54, 1.807) is 4.90 Å². The van der Waals surface area contributed by atoms with E-state index in [1.165, 1.54) is 0 Å². The van der Waals surface area contributed by atoms with Crippen LogP contribution in [0.25, 0.3) is 0 Å². The number of para-hydroxylation sites is 2. The number of ether oxygens (including phenoxy) is 1. The van der Waals surface area contributed by atoms with Crippen LogP contribution in [0.5, 0.6) is 5.75 Å². The van der Waals surface area contributed by atoms with E-state index in [1.807, 2.05) is 61.5 Å². The quantitative estimate of drug-likeness (QED) is 0.705. The number of nitrogens with one attached hydrogen (secondary N) is 2. The van der Waals surface area contributed by atoms with E-state index in [4.69, 9.17) is 4.74 Å². The molecule has 154 valence electrons. The maximum Gasteiger partial charge on any atom is 0.317 e. The van der Waals surface area contributed by atoms with E-state index in [2.05, 4.69) is 15.5 Å². The van der Waals surface area contributed by atoms with Gasteiger partial charge in [-0.2, -0.15) is 0 Å². The fourth-order valence-corrected chi connectivity index (χ4v) is 3.18. The highest BCUT2D eigenvalue weighted by Gasteiger charge is 2.22. The lowest BCUT2D eigenvalue weighted by molar-refractivity contribution is -0.117. The maximum absolute atomic E-state index is 12.3. The molecule has 2 N–H and O–H groups in total. The number of piperazine rings is 1. The highest BCUT2D eigenvalue weighted by Crippen LogP contribution is 2.15. The predicted molar refractivity (Wildman–Crippen MR) is 113 cm³/mol. The molecule has 1 aliphatic rings. The number of nitrogens with zero attached hydrogens (tertiary/aromatic N) is 2. The highest BCUT2D eigenvalue weighted by molar-refractivity contribution is 5.92. The molecule has 29 heavy (non-hydrogen) atoms. The van der Waals surface area contributed by atoms with Crippen LogP contribution in [0, 0.1) is 6.92 Å². The van der Waals surface area contributed by atoms with Gasteiger partial charge in [-0.05, 0) is 30.7 Å². The van der Waals surface area contributed by atoms with Gasteiger partial charge < -0.3 is 20.3 Å². The zero-order chi connectivity index (χ0) is 20.5. The van der Waals surface area contributed by atoms with Crippen LogP contribution in [0.1, 0.15) is 5.56 Å². The number of urea groups is 1. The average molecular weight is 396 g/mol. The maximum atomic E-state index is 12.3. The minimum absolute atomic E-state index is 0.0394. The van der Waals surface area contributed by atoms with Crippen LogP contribution in [-0.4, -0.2) is 67.6 Å². The van der Waals surface area contributed by atoms with Crippen molar-refractivity contribution in [2.45, 2.75) is 6.92 Å². The van der Waals surface area contributed by atoms with Gasteiger partial charge in [0.1, 0.15) is 12.4 Å². The number of hydrogen-bond acceptors (Lipinski definition) is 4. The summed E-state index contributed by atoms with van der Waals surface area (Å²) in [5, 5.41) is 5.78. The van der Waals surface area contributed by atoms with E-state index in [-0.39, 0.29) is 11.9 Å². The summed E-state index contributed by atoms with van der Waals surface area (Å²) in [4.78, 5) is 28.3. The van der Waals surface area contributed by atoms with Crippen molar-refractivity contribution in [2.24, 2.45) is 0 Å². The third kappa shape index (κ3) is 6.50. The van der Waals surface area contributed by atoms with Crippen LogP contribution in [0.3, 0.4) is 0 Å².